The van der Waals surface area contributed by atoms with Crippen LogP contribution >= 0.6 is 36.2 Å². The SMILES string of the molecule is Cc1nc(COc2cccc(C(=O)NC3(CN)CCCC3)c2)cs1.Cl.Cl. The molecule has 0 unspecified atom stereocenters. The fraction of sp³-hybridized carbons (Fsp3) is 0.444. The summed E-state index contributed by atoms with van der Waals surface area (Å²) in [5.41, 5.74) is 7.15. The van der Waals surface area contributed by atoms with Gasteiger partial charge < -0.3 is 15.8 Å². The van der Waals surface area contributed by atoms with Gasteiger partial charge in [0.2, 0.25) is 0 Å². The number of hydrogen-bond acceptors (Lipinski definition) is 5. The lowest BCUT2D eigenvalue weighted by atomic mass is 9.97. The first kappa shape index (κ1) is 22.7. The van der Waals surface area contributed by atoms with E-state index in [9.17, 15) is 4.79 Å². The Morgan fingerprint density at radius 1 is 1.35 bits per heavy atom. The van der Waals surface area contributed by atoms with Gasteiger partial charge in [-0.15, -0.1) is 36.2 Å². The third-order valence-electron chi connectivity index (χ3n) is 4.48. The number of carbonyl (C=O) groups excluding carboxylic acids is 1. The monoisotopic (exact) mass is 417 g/mol. The van der Waals surface area contributed by atoms with Gasteiger partial charge in [-0.25, -0.2) is 4.98 Å². The highest BCUT2D eigenvalue weighted by molar-refractivity contribution is 7.09. The molecule has 0 aliphatic heterocycles. The van der Waals surface area contributed by atoms with E-state index >= 15 is 0 Å². The second kappa shape index (κ2) is 10.1. The maximum absolute atomic E-state index is 12.6. The molecule has 1 aliphatic carbocycles. The molecule has 1 saturated carbocycles. The lowest BCUT2D eigenvalue weighted by Crippen LogP contribution is -2.51. The van der Waals surface area contributed by atoms with Gasteiger partial charge in [-0.2, -0.15) is 0 Å². The number of amides is 1. The van der Waals surface area contributed by atoms with Gasteiger partial charge in [0, 0.05) is 17.5 Å². The molecule has 0 saturated heterocycles. The molecule has 8 heteroatoms. The number of thiazole rings is 1. The van der Waals surface area contributed by atoms with Crippen molar-refractivity contribution in [1.82, 2.24) is 10.3 Å². The van der Waals surface area contributed by atoms with Crippen molar-refractivity contribution in [2.45, 2.75) is 44.8 Å². The number of nitrogens with one attached hydrogen (secondary N) is 1. The van der Waals surface area contributed by atoms with Crippen LogP contribution in [0.1, 0.15) is 46.7 Å². The van der Waals surface area contributed by atoms with Crippen molar-refractivity contribution in [3.63, 3.8) is 0 Å². The van der Waals surface area contributed by atoms with Gasteiger partial charge in [-0.3, -0.25) is 4.79 Å². The second-order valence-electron chi connectivity index (χ2n) is 6.32. The van der Waals surface area contributed by atoms with Crippen molar-refractivity contribution in [2.24, 2.45) is 5.73 Å². The molecule has 26 heavy (non-hydrogen) atoms. The predicted molar refractivity (Wildman–Crippen MR) is 110 cm³/mol. The highest BCUT2D eigenvalue weighted by atomic mass is 35.5. The van der Waals surface area contributed by atoms with Crippen molar-refractivity contribution in [1.29, 1.82) is 0 Å². The Hall–Kier alpha value is -1.34. The van der Waals surface area contributed by atoms with Crippen LogP contribution in [0.2, 0.25) is 0 Å². The Morgan fingerprint density at radius 2 is 2.08 bits per heavy atom. The summed E-state index contributed by atoms with van der Waals surface area (Å²) in [6.45, 7) is 2.86. The maximum atomic E-state index is 12.6. The fourth-order valence-electron chi connectivity index (χ4n) is 3.10. The van der Waals surface area contributed by atoms with E-state index in [-0.39, 0.29) is 36.3 Å². The van der Waals surface area contributed by atoms with Crippen LogP contribution in [-0.2, 0) is 6.61 Å². The molecule has 3 N–H and O–H groups in total. The number of carbonyl (C=O) groups is 1. The minimum absolute atomic E-state index is 0. The molecule has 0 bridgehead atoms. The molecule has 3 rings (SSSR count). The molecule has 1 aliphatic rings. The zero-order chi connectivity index (χ0) is 17.0. The van der Waals surface area contributed by atoms with Crippen molar-refractivity contribution >= 4 is 42.1 Å². The van der Waals surface area contributed by atoms with Crippen LogP contribution in [0.4, 0.5) is 0 Å². The van der Waals surface area contributed by atoms with Crippen LogP contribution in [0, 0.1) is 6.92 Å². The number of nitrogens with zero attached hydrogens (tertiary/aromatic N) is 1. The van der Waals surface area contributed by atoms with Crippen molar-refractivity contribution in [2.75, 3.05) is 6.54 Å². The summed E-state index contributed by atoms with van der Waals surface area (Å²) in [5.74, 6) is 0.582. The topological polar surface area (TPSA) is 77.2 Å². The van der Waals surface area contributed by atoms with Gasteiger partial charge in [-0.05, 0) is 38.0 Å². The van der Waals surface area contributed by atoms with E-state index in [1.807, 2.05) is 24.4 Å². The fourth-order valence-corrected chi connectivity index (χ4v) is 3.70. The number of rotatable bonds is 6. The van der Waals surface area contributed by atoms with E-state index in [0.717, 1.165) is 36.4 Å². The lowest BCUT2D eigenvalue weighted by molar-refractivity contribution is 0.0902. The van der Waals surface area contributed by atoms with Crippen molar-refractivity contribution in [3.05, 3.63) is 45.9 Å². The first-order chi connectivity index (χ1) is 11.6. The van der Waals surface area contributed by atoms with E-state index in [1.165, 1.54) is 0 Å². The number of benzene rings is 1. The number of hydrogen-bond donors (Lipinski definition) is 2. The van der Waals surface area contributed by atoms with Crippen LogP contribution < -0.4 is 15.8 Å². The third-order valence-corrected chi connectivity index (χ3v) is 5.30. The average molecular weight is 418 g/mol. The Balaban J connectivity index is 0.00000169. The lowest BCUT2D eigenvalue weighted by Gasteiger charge is -2.28. The highest BCUT2D eigenvalue weighted by Crippen LogP contribution is 2.29. The zero-order valence-electron chi connectivity index (χ0n) is 14.7. The Labute approximate surface area is 170 Å². The van der Waals surface area contributed by atoms with E-state index in [0.29, 0.717) is 24.5 Å². The number of nitrogens with two attached hydrogens (primary N) is 1. The van der Waals surface area contributed by atoms with Crippen LogP contribution in [0.5, 0.6) is 5.75 Å². The number of aryl methyl sites for hydroxylation is 1. The van der Waals surface area contributed by atoms with E-state index in [2.05, 4.69) is 10.3 Å². The summed E-state index contributed by atoms with van der Waals surface area (Å²) in [6.07, 6.45) is 4.14. The largest absolute Gasteiger partial charge is 0.487 e. The molecule has 2 aromatic rings. The first-order valence-corrected chi connectivity index (χ1v) is 9.15. The minimum atomic E-state index is -0.244. The average Bonchev–Trinajstić information content (AvgIpc) is 3.23. The van der Waals surface area contributed by atoms with Gasteiger partial charge >= 0.3 is 0 Å². The number of ether oxygens (including phenoxy) is 1. The summed E-state index contributed by atoms with van der Waals surface area (Å²) in [7, 11) is 0. The standard InChI is InChI=1S/C18H23N3O2S.2ClH/c1-13-20-15(11-24-13)10-23-16-6-4-5-14(9-16)17(22)21-18(12-19)7-2-3-8-18;;/h4-6,9,11H,2-3,7-8,10,12,19H2,1H3,(H,21,22);2*1H. The molecular formula is C18H25Cl2N3O2S. The summed E-state index contributed by atoms with van der Waals surface area (Å²) in [5, 5.41) is 6.13. The predicted octanol–water partition coefficient (Wildman–Crippen LogP) is 3.88. The zero-order valence-corrected chi connectivity index (χ0v) is 17.1. The quantitative estimate of drug-likeness (QED) is 0.747. The van der Waals surface area contributed by atoms with Gasteiger partial charge in [0.05, 0.1) is 16.2 Å². The Bertz CT molecular complexity index is 718. The summed E-state index contributed by atoms with van der Waals surface area (Å²) < 4.78 is 5.76. The first-order valence-electron chi connectivity index (χ1n) is 8.27. The van der Waals surface area contributed by atoms with Crippen molar-refractivity contribution < 1.29 is 9.53 Å². The summed E-state index contributed by atoms with van der Waals surface area (Å²) in [4.78, 5) is 16.9. The van der Waals surface area contributed by atoms with Gasteiger partial charge in [-0.1, -0.05) is 18.9 Å². The molecule has 1 amide bonds. The molecule has 1 aromatic heterocycles. The van der Waals surface area contributed by atoms with Gasteiger partial charge in [0.25, 0.3) is 5.91 Å². The Morgan fingerprint density at radius 3 is 2.69 bits per heavy atom. The van der Waals surface area contributed by atoms with Crippen molar-refractivity contribution in [3.8, 4) is 5.75 Å². The number of aromatic nitrogens is 1. The minimum Gasteiger partial charge on any atom is -0.487 e. The maximum Gasteiger partial charge on any atom is 0.251 e. The molecular weight excluding hydrogens is 393 g/mol. The van der Waals surface area contributed by atoms with Gasteiger partial charge in [0.15, 0.2) is 0 Å². The van der Waals surface area contributed by atoms with Crippen LogP contribution in [0.3, 0.4) is 0 Å². The summed E-state index contributed by atoms with van der Waals surface area (Å²) in [6, 6.07) is 7.26. The molecule has 1 fully saturated rings. The third kappa shape index (κ3) is 5.58. The molecule has 0 spiro atoms. The van der Waals surface area contributed by atoms with E-state index < -0.39 is 0 Å². The highest BCUT2D eigenvalue weighted by Gasteiger charge is 2.34. The van der Waals surface area contributed by atoms with Gasteiger partial charge in [0.1, 0.15) is 12.4 Å². The Kier molecular flexibility index (Phi) is 8.83. The van der Waals surface area contributed by atoms with Crippen LogP contribution in [-0.4, -0.2) is 23.0 Å². The summed E-state index contributed by atoms with van der Waals surface area (Å²) >= 11 is 1.60. The molecule has 1 heterocycles. The van der Waals surface area contributed by atoms with E-state index in [1.54, 1.807) is 23.5 Å². The molecule has 5 nitrogen and oxygen atoms in total. The normalized spacial score (nSPS) is 14.8. The molecule has 144 valence electrons. The second-order valence-corrected chi connectivity index (χ2v) is 7.38. The molecule has 1 aromatic carbocycles. The smallest absolute Gasteiger partial charge is 0.251 e. The van der Waals surface area contributed by atoms with E-state index in [4.69, 9.17) is 10.5 Å². The molecule has 0 radical (unpaired) electrons. The molecule has 0 atom stereocenters. The number of halogens is 2. The van der Waals surface area contributed by atoms with Crippen LogP contribution in [0.15, 0.2) is 29.6 Å². The van der Waals surface area contributed by atoms with Crippen LogP contribution in [0.25, 0.3) is 0 Å².